The van der Waals surface area contributed by atoms with Gasteiger partial charge in [-0.3, -0.25) is 0 Å². The number of rotatable bonds is 6. The normalized spacial score (nSPS) is 11.2. The van der Waals surface area contributed by atoms with Gasteiger partial charge in [0.15, 0.2) is 0 Å². The Labute approximate surface area is 126 Å². The minimum Gasteiger partial charge on any atom is -0.507 e. The molecule has 0 radical (unpaired) electrons. The van der Waals surface area contributed by atoms with Crippen LogP contribution in [0.4, 0.5) is 5.95 Å². The number of phenols is 1. The van der Waals surface area contributed by atoms with Crippen molar-refractivity contribution in [2.24, 2.45) is 5.10 Å². The molecule has 21 heavy (non-hydrogen) atoms. The zero-order chi connectivity index (χ0) is 15.2. The number of anilines is 1. The van der Waals surface area contributed by atoms with Gasteiger partial charge >= 0.3 is 0 Å². The van der Waals surface area contributed by atoms with E-state index >= 15 is 0 Å². The number of aromatic nitrogens is 3. The van der Waals surface area contributed by atoms with Gasteiger partial charge in [0.05, 0.1) is 13.3 Å². The van der Waals surface area contributed by atoms with Crippen LogP contribution in [0.3, 0.4) is 0 Å². The van der Waals surface area contributed by atoms with E-state index in [4.69, 9.17) is 4.74 Å². The van der Waals surface area contributed by atoms with Crippen molar-refractivity contribution in [2.75, 3.05) is 12.5 Å². The first-order valence-corrected chi connectivity index (χ1v) is 7.21. The molecule has 3 N–H and O–H groups in total. The number of aromatic amines is 1. The summed E-state index contributed by atoms with van der Waals surface area (Å²) < 4.78 is 5.09. The molecule has 0 atom stereocenters. The number of nitrogens with one attached hydrogen (secondary N) is 2. The van der Waals surface area contributed by atoms with Gasteiger partial charge in [-0.25, -0.2) is 10.5 Å². The minimum atomic E-state index is 0.120. The zero-order valence-corrected chi connectivity index (χ0v) is 12.8. The Morgan fingerprint density at radius 3 is 3.00 bits per heavy atom. The SMILES string of the molecule is COc1ccc(O)c(/C=N/Nc2nc(SC(C)C)n[nH]2)c1. The second-order valence-electron chi connectivity index (χ2n) is 4.43. The lowest BCUT2D eigenvalue weighted by Gasteiger charge is -2.02. The summed E-state index contributed by atoms with van der Waals surface area (Å²) >= 11 is 1.55. The smallest absolute Gasteiger partial charge is 0.240 e. The van der Waals surface area contributed by atoms with E-state index in [0.29, 0.717) is 27.7 Å². The molecule has 2 rings (SSSR count). The first kappa shape index (κ1) is 15.2. The number of hydrogen-bond acceptors (Lipinski definition) is 7. The van der Waals surface area contributed by atoms with Crippen molar-refractivity contribution in [3.8, 4) is 11.5 Å². The van der Waals surface area contributed by atoms with Gasteiger partial charge in [-0.05, 0) is 18.2 Å². The fourth-order valence-corrected chi connectivity index (χ4v) is 2.15. The summed E-state index contributed by atoms with van der Waals surface area (Å²) in [6, 6.07) is 4.90. The topological polar surface area (TPSA) is 95.4 Å². The molecule has 8 heteroatoms. The van der Waals surface area contributed by atoms with Crippen molar-refractivity contribution in [3.63, 3.8) is 0 Å². The summed E-state index contributed by atoms with van der Waals surface area (Å²) in [6.45, 7) is 4.13. The summed E-state index contributed by atoms with van der Waals surface area (Å²) in [5.74, 6) is 1.20. The Balaban J connectivity index is 2.00. The van der Waals surface area contributed by atoms with Gasteiger partial charge in [0.2, 0.25) is 11.1 Å². The average molecular weight is 307 g/mol. The van der Waals surface area contributed by atoms with Crippen molar-refractivity contribution >= 4 is 23.9 Å². The van der Waals surface area contributed by atoms with E-state index in [9.17, 15) is 5.11 Å². The van der Waals surface area contributed by atoms with E-state index in [1.165, 1.54) is 6.21 Å². The van der Waals surface area contributed by atoms with Crippen LogP contribution in [-0.4, -0.2) is 38.9 Å². The van der Waals surface area contributed by atoms with E-state index in [-0.39, 0.29) is 5.75 Å². The second-order valence-corrected chi connectivity index (χ2v) is 5.97. The molecule has 112 valence electrons. The third kappa shape index (κ3) is 4.38. The molecule has 1 aromatic heterocycles. The number of H-pyrrole nitrogens is 1. The molecule has 0 unspecified atom stereocenters. The number of hydrogen-bond donors (Lipinski definition) is 3. The van der Waals surface area contributed by atoms with E-state index in [1.807, 2.05) is 0 Å². The van der Waals surface area contributed by atoms with Crippen LogP contribution in [0.2, 0.25) is 0 Å². The molecular formula is C13H17N5O2S. The number of ether oxygens (including phenoxy) is 1. The Bertz CT molecular complexity index is 627. The lowest BCUT2D eigenvalue weighted by molar-refractivity contribution is 0.412. The fraction of sp³-hybridized carbons (Fsp3) is 0.308. The van der Waals surface area contributed by atoms with Crippen LogP contribution in [-0.2, 0) is 0 Å². The van der Waals surface area contributed by atoms with Gasteiger partial charge in [0.25, 0.3) is 0 Å². The molecule has 1 heterocycles. The van der Waals surface area contributed by atoms with Crippen molar-refractivity contribution in [2.45, 2.75) is 24.3 Å². The maximum Gasteiger partial charge on any atom is 0.240 e. The monoisotopic (exact) mass is 307 g/mol. The molecule has 0 fully saturated rings. The predicted octanol–water partition coefficient (Wildman–Crippen LogP) is 2.47. The molecular weight excluding hydrogens is 290 g/mol. The Morgan fingerprint density at radius 2 is 2.29 bits per heavy atom. The van der Waals surface area contributed by atoms with Gasteiger partial charge in [-0.15, -0.1) is 5.10 Å². The van der Waals surface area contributed by atoms with Crippen LogP contribution in [0.15, 0.2) is 28.5 Å². The summed E-state index contributed by atoms with van der Waals surface area (Å²) in [4.78, 5) is 4.22. The highest BCUT2D eigenvalue weighted by atomic mass is 32.2. The lowest BCUT2D eigenvalue weighted by atomic mass is 10.2. The lowest BCUT2D eigenvalue weighted by Crippen LogP contribution is -1.94. The second kappa shape index (κ2) is 6.98. The van der Waals surface area contributed by atoms with Gasteiger partial charge in [-0.1, -0.05) is 25.6 Å². The van der Waals surface area contributed by atoms with E-state index in [2.05, 4.69) is 39.6 Å². The van der Waals surface area contributed by atoms with Gasteiger partial charge in [-0.2, -0.15) is 10.1 Å². The summed E-state index contributed by atoms with van der Waals surface area (Å²) in [7, 11) is 1.56. The molecule has 0 aliphatic heterocycles. The Kier molecular flexibility index (Phi) is 5.04. The molecule has 0 bridgehead atoms. The number of nitrogens with zero attached hydrogens (tertiary/aromatic N) is 3. The minimum absolute atomic E-state index is 0.120. The number of thioether (sulfide) groups is 1. The number of methoxy groups -OCH3 is 1. The maximum atomic E-state index is 9.72. The standard InChI is InChI=1S/C13H17N5O2S/c1-8(2)21-13-15-12(17-18-13)16-14-7-9-6-10(20-3)4-5-11(9)19/h4-8,19H,1-3H3,(H2,15,16,17,18)/b14-7+. The summed E-state index contributed by atoms with van der Waals surface area (Å²) in [5, 5.41) is 21.6. The fourth-order valence-electron chi connectivity index (χ4n) is 1.49. The number of aromatic hydroxyl groups is 1. The number of hydrazone groups is 1. The summed E-state index contributed by atoms with van der Waals surface area (Å²) in [5.41, 5.74) is 3.27. The van der Waals surface area contributed by atoms with Crippen LogP contribution in [0.5, 0.6) is 11.5 Å². The quantitative estimate of drug-likeness (QED) is 0.431. The van der Waals surface area contributed by atoms with Crippen LogP contribution in [0.25, 0.3) is 0 Å². The first-order valence-electron chi connectivity index (χ1n) is 6.33. The van der Waals surface area contributed by atoms with Crippen LogP contribution in [0, 0.1) is 0 Å². The average Bonchev–Trinajstić information content (AvgIpc) is 2.87. The Morgan fingerprint density at radius 1 is 1.48 bits per heavy atom. The molecule has 0 aliphatic rings. The first-order chi connectivity index (χ1) is 10.1. The molecule has 2 aromatic rings. The van der Waals surface area contributed by atoms with Crippen molar-refractivity contribution in [1.29, 1.82) is 0 Å². The van der Waals surface area contributed by atoms with Gasteiger partial charge in [0.1, 0.15) is 11.5 Å². The maximum absolute atomic E-state index is 9.72. The van der Waals surface area contributed by atoms with Crippen LogP contribution < -0.4 is 10.2 Å². The van der Waals surface area contributed by atoms with Gasteiger partial charge < -0.3 is 9.84 Å². The summed E-state index contributed by atoms with van der Waals surface area (Å²) in [6.07, 6.45) is 1.48. The van der Waals surface area contributed by atoms with Crippen molar-refractivity contribution in [1.82, 2.24) is 15.2 Å². The highest BCUT2D eigenvalue weighted by Crippen LogP contribution is 2.21. The van der Waals surface area contributed by atoms with E-state index in [1.54, 1.807) is 37.1 Å². The number of phenolic OH excluding ortho intramolecular Hbond substituents is 1. The molecule has 0 saturated heterocycles. The van der Waals surface area contributed by atoms with Crippen molar-refractivity contribution < 1.29 is 9.84 Å². The van der Waals surface area contributed by atoms with E-state index < -0.39 is 0 Å². The third-order valence-electron chi connectivity index (χ3n) is 2.41. The van der Waals surface area contributed by atoms with Crippen molar-refractivity contribution in [3.05, 3.63) is 23.8 Å². The van der Waals surface area contributed by atoms with E-state index in [0.717, 1.165) is 0 Å². The third-order valence-corrected chi connectivity index (χ3v) is 3.28. The Hall–Kier alpha value is -2.22. The number of benzene rings is 1. The highest BCUT2D eigenvalue weighted by molar-refractivity contribution is 7.99. The zero-order valence-electron chi connectivity index (χ0n) is 12.0. The molecule has 0 aliphatic carbocycles. The molecule has 0 amide bonds. The van der Waals surface area contributed by atoms with Crippen LogP contribution >= 0.6 is 11.8 Å². The van der Waals surface area contributed by atoms with Gasteiger partial charge in [0, 0.05) is 10.8 Å². The molecule has 0 saturated carbocycles. The highest BCUT2D eigenvalue weighted by Gasteiger charge is 2.05. The molecule has 1 aromatic carbocycles. The molecule has 7 nitrogen and oxygen atoms in total. The van der Waals surface area contributed by atoms with Crippen LogP contribution in [0.1, 0.15) is 19.4 Å². The largest absolute Gasteiger partial charge is 0.507 e. The predicted molar refractivity (Wildman–Crippen MR) is 83.3 cm³/mol. The molecule has 0 spiro atoms.